The highest BCUT2D eigenvalue weighted by Gasteiger charge is 2.54. The van der Waals surface area contributed by atoms with Gasteiger partial charge in [0.2, 0.25) is 5.91 Å². The summed E-state index contributed by atoms with van der Waals surface area (Å²) in [7, 11) is 0. The smallest absolute Gasteiger partial charge is 0.254 e. The van der Waals surface area contributed by atoms with Gasteiger partial charge in [0.05, 0.1) is 18.7 Å². The molecule has 0 radical (unpaired) electrons. The number of carbonyl (C=O) groups is 2. The second-order valence-corrected chi connectivity index (χ2v) is 8.44. The summed E-state index contributed by atoms with van der Waals surface area (Å²) in [5, 5.41) is 9.97. The highest BCUT2D eigenvalue weighted by Crippen LogP contribution is 2.43. The molecule has 2 aliphatic heterocycles. The van der Waals surface area contributed by atoms with E-state index in [1.54, 1.807) is 21.9 Å². The molecule has 2 aromatic rings. The molecule has 5 heteroatoms. The Hall–Kier alpha value is -2.92. The lowest BCUT2D eigenvalue weighted by Gasteiger charge is -2.58. The fourth-order valence-corrected chi connectivity index (χ4v) is 5.27. The summed E-state index contributed by atoms with van der Waals surface area (Å²) in [5.74, 6) is -0.159. The summed E-state index contributed by atoms with van der Waals surface area (Å²) in [6.07, 6.45) is 5.81. The van der Waals surface area contributed by atoms with E-state index in [1.165, 1.54) is 17.6 Å². The van der Waals surface area contributed by atoms with Crippen LogP contribution in [0.1, 0.15) is 46.7 Å². The van der Waals surface area contributed by atoms with E-state index >= 15 is 0 Å². The number of rotatable bonds is 4. The molecule has 5 nitrogen and oxygen atoms in total. The number of carbonyl (C=O) groups excluding carboxylic acids is 2. The summed E-state index contributed by atoms with van der Waals surface area (Å²) >= 11 is 0. The zero-order valence-electron chi connectivity index (χ0n) is 16.9. The van der Waals surface area contributed by atoms with Crippen molar-refractivity contribution in [1.82, 2.24) is 9.80 Å². The zero-order valence-corrected chi connectivity index (χ0v) is 16.9. The van der Waals surface area contributed by atoms with E-state index in [1.807, 2.05) is 18.2 Å². The summed E-state index contributed by atoms with van der Waals surface area (Å²) < 4.78 is 0. The molecule has 0 spiro atoms. The molecule has 30 heavy (non-hydrogen) atoms. The van der Waals surface area contributed by atoms with Crippen LogP contribution in [0.5, 0.6) is 0 Å². The Kier molecular flexibility index (Phi) is 4.91. The average molecular weight is 402 g/mol. The quantitative estimate of drug-likeness (QED) is 0.855. The van der Waals surface area contributed by atoms with Gasteiger partial charge in [-0.2, -0.15) is 0 Å². The molecule has 0 aromatic heterocycles. The Morgan fingerprint density at radius 2 is 1.83 bits per heavy atom. The summed E-state index contributed by atoms with van der Waals surface area (Å²) in [5.41, 5.74) is 4.39. The monoisotopic (exact) mass is 402 g/mol. The average Bonchev–Trinajstić information content (AvgIpc) is 3.30. The van der Waals surface area contributed by atoms with Gasteiger partial charge in [-0.25, -0.2) is 0 Å². The summed E-state index contributed by atoms with van der Waals surface area (Å²) in [4.78, 5) is 29.1. The van der Waals surface area contributed by atoms with Gasteiger partial charge in [0, 0.05) is 18.0 Å². The number of aliphatic hydroxyl groups excluding tert-OH is 1. The van der Waals surface area contributed by atoms with Crippen LogP contribution < -0.4 is 0 Å². The second-order valence-electron chi connectivity index (χ2n) is 8.44. The minimum absolute atomic E-state index is 0.0388. The maximum absolute atomic E-state index is 12.9. The maximum atomic E-state index is 12.9. The SMILES string of the molecule is O=C(c1ccccc1)N1CC(=O)N2[C@@H](CO)[C@H](c3ccc(C4=CCCC4)cc3)[C@@H]2C1. The van der Waals surface area contributed by atoms with Gasteiger partial charge < -0.3 is 14.9 Å². The van der Waals surface area contributed by atoms with Crippen molar-refractivity contribution in [2.45, 2.75) is 37.3 Å². The molecule has 1 N–H and O–H groups in total. The van der Waals surface area contributed by atoms with Crippen molar-refractivity contribution < 1.29 is 14.7 Å². The Morgan fingerprint density at radius 1 is 1.07 bits per heavy atom. The van der Waals surface area contributed by atoms with Crippen LogP contribution in [-0.4, -0.2) is 58.5 Å². The van der Waals surface area contributed by atoms with E-state index in [2.05, 4.69) is 30.3 Å². The molecular weight excluding hydrogens is 376 g/mol. The van der Waals surface area contributed by atoms with Crippen molar-refractivity contribution in [1.29, 1.82) is 0 Å². The van der Waals surface area contributed by atoms with Gasteiger partial charge in [0.1, 0.15) is 6.54 Å². The number of fused-ring (bicyclic) bond motifs is 1. The number of hydrogen-bond acceptors (Lipinski definition) is 3. The van der Waals surface area contributed by atoms with E-state index < -0.39 is 0 Å². The Labute approximate surface area is 176 Å². The van der Waals surface area contributed by atoms with Gasteiger partial charge in [0.15, 0.2) is 0 Å². The molecule has 0 saturated carbocycles. The van der Waals surface area contributed by atoms with Crippen LogP contribution in [0.3, 0.4) is 0 Å². The number of piperazine rings is 1. The van der Waals surface area contributed by atoms with Crippen LogP contribution >= 0.6 is 0 Å². The van der Waals surface area contributed by atoms with Crippen LogP contribution in [0.15, 0.2) is 60.7 Å². The molecule has 2 fully saturated rings. The van der Waals surface area contributed by atoms with Crippen LogP contribution in [0, 0.1) is 0 Å². The zero-order chi connectivity index (χ0) is 20.7. The third kappa shape index (κ3) is 3.14. The van der Waals surface area contributed by atoms with Gasteiger partial charge in [-0.05, 0) is 48.1 Å². The molecule has 1 aliphatic carbocycles. The first-order chi connectivity index (χ1) is 14.7. The second kappa shape index (κ2) is 7.73. The van der Waals surface area contributed by atoms with Gasteiger partial charge >= 0.3 is 0 Å². The van der Waals surface area contributed by atoms with Crippen molar-refractivity contribution in [3.8, 4) is 0 Å². The van der Waals surface area contributed by atoms with E-state index in [9.17, 15) is 14.7 Å². The van der Waals surface area contributed by atoms with Crippen LogP contribution in [-0.2, 0) is 4.79 Å². The summed E-state index contributed by atoms with van der Waals surface area (Å²) in [6, 6.07) is 17.4. The number of allylic oxidation sites excluding steroid dienone is 2. The molecule has 2 heterocycles. The van der Waals surface area contributed by atoms with Crippen molar-refractivity contribution >= 4 is 17.4 Å². The molecular formula is C25H26N2O3. The lowest BCUT2D eigenvalue weighted by molar-refractivity contribution is -0.159. The first-order valence-corrected chi connectivity index (χ1v) is 10.7. The minimum atomic E-state index is -0.215. The lowest BCUT2D eigenvalue weighted by Crippen LogP contribution is -2.73. The van der Waals surface area contributed by atoms with E-state index in [-0.39, 0.29) is 43.0 Å². The molecule has 5 rings (SSSR count). The third-order valence-corrected chi connectivity index (χ3v) is 6.77. The fraction of sp³-hybridized carbons (Fsp3) is 0.360. The summed E-state index contributed by atoms with van der Waals surface area (Å²) in [6.45, 7) is 0.501. The fourth-order valence-electron chi connectivity index (χ4n) is 5.27. The molecule has 3 aliphatic rings. The van der Waals surface area contributed by atoms with E-state index in [0.717, 1.165) is 18.4 Å². The molecule has 2 amide bonds. The molecule has 2 aromatic carbocycles. The molecule has 154 valence electrons. The van der Waals surface area contributed by atoms with Crippen LogP contribution in [0.4, 0.5) is 0 Å². The highest BCUT2D eigenvalue weighted by molar-refractivity contribution is 5.97. The minimum Gasteiger partial charge on any atom is -0.394 e. The predicted molar refractivity (Wildman–Crippen MR) is 115 cm³/mol. The van der Waals surface area contributed by atoms with Crippen molar-refractivity contribution in [2.24, 2.45) is 0 Å². The van der Waals surface area contributed by atoms with Crippen LogP contribution in [0.25, 0.3) is 5.57 Å². The van der Waals surface area contributed by atoms with Gasteiger partial charge in [0.25, 0.3) is 5.91 Å². The van der Waals surface area contributed by atoms with E-state index in [0.29, 0.717) is 12.1 Å². The lowest BCUT2D eigenvalue weighted by atomic mass is 9.73. The van der Waals surface area contributed by atoms with Gasteiger partial charge in [-0.3, -0.25) is 9.59 Å². The van der Waals surface area contributed by atoms with Crippen molar-refractivity contribution in [3.05, 3.63) is 77.4 Å². The number of benzene rings is 2. The molecule has 0 unspecified atom stereocenters. The molecule has 0 bridgehead atoms. The Bertz CT molecular complexity index is 983. The Balaban J connectivity index is 1.38. The topological polar surface area (TPSA) is 60.9 Å². The third-order valence-electron chi connectivity index (χ3n) is 6.77. The standard InChI is InChI=1S/C25H26N2O3/c28-16-22-24(19-12-10-18(11-13-19)17-6-4-5-7-17)21-14-26(15-23(29)27(21)22)25(30)20-8-2-1-3-9-20/h1-3,6,8-13,21-22,24,28H,4-5,7,14-16H2/t21-,22-,24+/m0/s1. The van der Waals surface area contributed by atoms with Gasteiger partial charge in [-0.1, -0.05) is 48.5 Å². The van der Waals surface area contributed by atoms with Gasteiger partial charge in [-0.15, -0.1) is 0 Å². The number of hydrogen-bond donors (Lipinski definition) is 1. The first kappa shape index (κ1) is 19.1. The number of amides is 2. The highest BCUT2D eigenvalue weighted by atomic mass is 16.3. The van der Waals surface area contributed by atoms with Crippen LogP contribution in [0.2, 0.25) is 0 Å². The molecule has 2 saturated heterocycles. The normalized spacial score (nSPS) is 25.6. The Morgan fingerprint density at radius 3 is 2.50 bits per heavy atom. The number of nitrogens with zero attached hydrogens (tertiary/aromatic N) is 2. The van der Waals surface area contributed by atoms with Crippen molar-refractivity contribution in [3.63, 3.8) is 0 Å². The van der Waals surface area contributed by atoms with E-state index in [4.69, 9.17) is 0 Å². The van der Waals surface area contributed by atoms with Crippen molar-refractivity contribution in [2.75, 3.05) is 19.7 Å². The largest absolute Gasteiger partial charge is 0.394 e. The first-order valence-electron chi connectivity index (χ1n) is 10.7. The maximum Gasteiger partial charge on any atom is 0.254 e. The number of aliphatic hydroxyl groups is 1. The predicted octanol–water partition coefficient (Wildman–Crippen LogP) is 3.07. The molecule has 3 atom stereocenters.